The summed E-state index contributed by atoms with van der Waals surface area (Å²) in [6, 6.07) is 22.6. The Kier molecular flexibility index (Phi) is 18.3. The summed E-state index contributed by atoms with van der Waals surface area (Å²) >= 11 is 0. The summed E-state index contributed by atoms with van der Waals surface area (Å²) < 4.78 is 64.6. The molecule has 2 atom stereocenters. The summed E-state index contributed by atoms with van der Waals surface area (Å²) in [5.74, 6) is 0.259. The summed E-state index contributed by atoms with van der Waals surface area (Å²) in [6.45, 7) is 7.87. The minimum Gasteiger partial charge on any atom is -0.497 e. The van der Waals surface area contributed by atoms with Gasteiger partial charge in [0.05, 0.1) is 13.2 Å². The zero-order valence-corrected chi connectivity index (χ0v) is 41.1. The first-order valence-electron chi connectivity index (χ1n) is 25.5. The molecule has 5 aromatic rings. The summed E-state index contributed by atoms with van der Waals surface area (Å²) in [5, 5.41) is 21.0. The van der Waals surface area contributed by atoms with E-state index in [0.717, 1.165) is 119 Å². The molecule has 4 aromatic carbocycles. The van der Waals surface area contributed by atoms with E-state index < -0.39 is 29.4 Å². The number of nitrogens with zero attached hydrogens (tertiary/aromatic N) is 5. The second-order valence-corrected chi connectivity index (χ2v) is 19.9. The second kappa shape index (κ2) is 25.2. The lowest BCUT2D eigenvalue weighted by Crippen LogP contribution is -2.45. The molecule has 384 valence electrons. The van der Waals surface area contributed by atoms with E-state index in [1.54, 1.807) is 16.9 Å². The maximum atomic E-state index is 13.4. The van der Waals surface area contributed by atoms with Gasteiger partial charge in [-0.25, -0.2) is 22.5 Å². The smallest absolute Gasteiger partial charge is 0.246 e. The first-order valence-corrected chi connectivity index (χ1v) is 25.5. The van der Waals surface area contributed by atoms with Crippen molar-refractivity contribution < 1.29 is 46.5 Å². The standard InChI is InChI=1S/C29H36F2N2O3.C28H31F2N3O3/c1-36-28-5-3-22(4-6-28)23-8-12-32(13-9-23)19-25(20-34)24-10-14-33(15-11-24)29(35)7-2-21-16-26(30)18-27(31)17-21;29-22-15-19(16-23(30)17-22)5-6-27(35)33-13-9-20(10-14-33)25(34)18-32-11-7-21(8-12-32)28-31-24-3-1-2-4-26(24)36-28/h2-7,16-18,23-25,34H,8-15,19-20H2,1H3;1-6,15-17,20-21,25,34H,7-14,18H2/b7-2+;6-5+. The molecule has 2 unspecified atom stereocenters. The van der Waals surface area contributed by atoms with Gasteiger partial charge in [-0.05, 0) is 179 Å². The number of rotatable bonds is 14. The van der Waals surface area contributed by atoms with Crippen LogP contribution < -0.4 is 4.74 Å². The van der Waals surface area contributed by atoms with E-state index in [0.29, 0.717) is 61.6 Å². The molecule has 4 aliphatic heterocycles. The van der Waals surface area contributed by atoms with Crippen LogP contribution in [-0.2, 0) is 9.59 Å². The van der Waals surface area contributed by atoms with E-state index in [2.05, 4.69) is 26.9 Å². The molecular weight excluding hydrogens is 927 g/mol. The average molecular weight is 994 g/mol. The molecule has 0 aliphatic carbocycles. The third kappa shape index (κ3) is 14.4. The molecule has 1 aromatic heterocycles. The van der Waals surface area contributed by atoms with Crippen molar-refractivity contribution in [3.63, 3.8) is 0 Å². The number of halogens is 4. The first-order chi connectivity index (χ1) is 34.9. The van der Waals surface area contributed by atoms with Crippen LogP contribution in [0.2, 0.25) is 0 Å². The van der Waals surface area contributed by atoms with E-state index in [9.17, 15) is 37.4 Å². The normalized spacial score (nSPS) is 19.2. The number of aromatic nitrogens is 1. The fourth-order valence-corrected chi connectivity index (χ4v) is 10.8. The number of hydrogen-bond donors (Lipinski definition) is 2. The highest BCUT2D eigenvalue weighted by molar-refractivity contribution is 5.92. The van der Waals surface area contributed by atoms with Crippen molar-refractivity contribution >= 4 is 35.1 Å². The van der Waals surface area contributed by atoms with Gasteiger partial charge in [-0.3, -0.25) is 9.59 Å². The van der Waals surface area contributed by atoms with Gasteiger partial charge in [0, 0.05) is 76.1 Å². The highest BCUT2D eigenvalue weighted by Gasteiger charge is 2.32. The Hall–Kier alpha value is -5.87. The number of benzene rings is 4. The molecule has 4 fully saturated rings. The van der Waals surface area contributed by atoms with Gasteiger partial charge in [-0.15, -0.1) is 0 Å². The molecule has 0 radical (unpaired) electrons. The third-order valence-electron chi connectivity index (χ3n) is 15.1. The van der Waals surface area contributed by atoms with Crippen molar-refractivity contribution in [1.29, 1.82) is 0 Å². The summed E-state index contributed by atoms with van der Waals surface area (Å²) in [4.78, 5) is 38.0. The molecule has 0 saturated carbocycles. The molecule has 4 aliphatic rings. The second-order valence-electron chi connectivity index (χ2n) is 19.9. The Balaban J connectivity index is 0.000000193. The van der Waals surface area contributed by atoms with Crippen LogP contribution in [0, 0.1) is 41.0 Å². The van der Waals surface area contributed by atoms with Gasteiger partial charge < -0.3 is 39.0 Å². The van der Waals surface area contributed by atoms with Gasteiger partial charge in [-0.1, -0.05) is 24.3 Å². The Bertz CT molecular complexity index is 2540. The molecule has 11 nitrogen and oxygen atoms in total. The molecule has 72 heavy (non-hydrogen) atoms. The van der Waals surface area contributed by atoms with Crippen LogP contribution in [0.3, 0.4) is 0 Å². The largest absolute Gasteiger partial charge is 0.497 e. The molecule has 0 bridgehead atoms. The topological polar surface area (TPSA) is 123 Å². The lowest BCUT2D eigenvalue weighted by Gasteiger charge is -2.39. The summed E-state index contributed by atoms with van der Waals surface area (Å²) in [5.41, 5.74) is 3.72. The SMILES string of the molecule is COc1ccc(C2CCN(CC(CO)C3CCN(C(=O)/C=C/c4cc(F)cc(F)c4)CC3)CC2)cc1.O=C(/C=C/c1cc(F)cc(F)c1)N1CCC(C(O)CN2CCC(c3nc4ccccc4o3)CC2)CC1. The van der Waals surface area contributed by atoms with Gasteiger partial charge >= 0.3 is 0 Å². The number of hydrogen-bond acceptors (Lipinski definition) is 9. The van der Waals surface area contributed by atoms with E-state index in [-0.39, 0.29) is 30.3 Å². The average Bonchev–Trinajstić information content (AvgIpc) is 3.84. The minimum absolute atomic E-state index is 0.144. The quantitative estimate of drug-likeness (QED) is 0.0829. The summed E-state index contributed by atoms with van der Waals surface area (Å²) in [7, 11) is 1.68. The lowest BCUT2D eigenvalue weighted by molar-refractivity contribution is -0.128. The Morgan fingerprint density at radius 2 is 1.14 bits per heavy atom. The zero-order valence-electron chi connectivity index (χ0n) is 41.1. The molecule has 4 saturated heterocycles. The number of β-amino-alcohol motifs (C(OH)–C–C–N with tert-alkyl or cyclic N) is 1. The predicted octanol–water partition coefficient (Wildman–Crippen LogP) is 9.31. The van der Waals surface area contributed by atoms with Gasteiger partial charge in [0.15, 0.2) is 11.5 Å². The molecule has 2 amide bonds. The third-order valence-corrected chi connectivity index (χ3v) is 15.1. The number of aliphatic hydroxyl groups excluding tert-OH is 2. The maximum Gasteiger partial charge on any atom is 0.246 e. The van der Waals surface area contributed by atoms with Crippen LogP contribution in [0.1, 0.15) is 85.8 Å². The molecular formula is C57H67F4N5O6. The van der Waals surface area contributed by atoms with E-state index >= 15 is 0 Å². The van der Waals surface area contributed by atoms with Crippen molar-refractivity contribution in [2.75, 3.05) is 79.2 Å². The van der Waals surface area contributed by atoms with Crippen LogP contribution in [0.25, 0.3) is 23.3 Å². The number of carbonyl (C=O) groups excluding carboxylic acids is 2. The van der Waals surface area contributed by atoms with E-state index in [4.69, 9.17) is 9.15 Å². The monoisotopic (exact) mass is 994 g/mol. The fourth-order valence-electron chi connectivity index (χ4n) is 10.8. The van der Waals surface area contributed by atoms with Crippen molar-refractivity contribution in [3.8, 4) is 5.75 Å². The number of piperidine rings is 4. The Morgan fingerprint density at radius 3 is 1.64 bits per heavy atom. The van der Waals surface area contributed by atoms with E-state index in [1.807, 2.05) is 36.4 Å². The van der Waals surface area contributed by atoms with Crippen molar-refractivity contribution in [2.45, 2.75) is 69.3 Å². The summed E-state index contributed by atoms with van der Waals surface area (Å²) in [6.07, 6.45) is 12.5. The number of ether oxygens (including phenoxy) is 1. The number of likely N-dealkylation sites (tertiary alicyclic amines) is 4. The number of oxazole rings is 1. The highest BCUT2D eigenvalue weighted by atomic mass is 19.1. The maximum absolute atomic E-state index is 13.4. The number of amides is 2. The fraction of sp³-hybridized carbons (Fsp3) is 0.456. The molecule has 2 N–H and O–H groups in total. The molecule has 15 heteroatoms. The van der Waals surface area contributed by atoms with Crippen molar-refractivity contribution in [2.24, 2.45) is 17.8 Å². The van der Waals surface area contributed by atoms with Gasteiger partial charge in [-0.2, -0.15) is 0 Å². The highest BCUT2D eigenvalue weighted by Crippen LogP contribution is 2.33. The number of carbonyl (C=O) groups is 2. The zero-order chi connectivity index (χ0) is 50.6. The van der Waals surface area contributed by atoms with Gasteiger partial charge in [0.25, 0.3) is 0 Å². The minimum atomic E-state index is -0.674. The van der Waals surface area contributed by atoms with Crippen LogP contribution in [0.15, 0.2) is 101 Å². The van der Waals surface area contributed by atoms with Crippen LogP contribution >= 0.6 is 0 Å². The van der Waals surface area contributed by atoms with Crippen molar-refractivity contribution in [1.82, 2.24) is 24.6 Å². The first kappa shape index (κ1) is 52.5. The van der Waals surface area contributed by atoms with Crippen molar-refractivity contribution in [3.05, 3.63) is 143 Å². The Labute approximate surface area is 419 Å². The number of methoxy groups -OCH3 is 1. The number of fused-ring (bicyclic) bond motifs is 1. The van der Waals surface area contributed by atoms with Crippen LogP contribution in [0.5, 0.6) is 5.75 Å². The van der Waals surface area contributed by atoms with Crippen LogP contribution in [-0.4, -0.2) is 132 Å². The van der Waals surface area contributed by atoms with Gasteiger partial charge in [0.2, 0.25) is 11.8 Å². The molecule has 5 heterocycles. The number of para-hydroxylation sites is 2. The lowest BCUT2D eigenvalue weighted by atomic mass is 9.83. The van der Waals surface area contributed by atoms with E-state index in [1.165, 1.54) is 54.1 Å². The molecule has 0 spiro atoms. The van der Waals surface area contributed by atoms with Gasteiger partial charge in [0.1, 0.15) is 34.5 Å². The Morgan fingerprint density at radius 1 is 0.653 bits per heavy atom. The van der Waals surface area contributed by atoms with Crippen LogP contribution in [0.4, 0.5) is 17.6 Å². The molecule has 9 rings (SSSR count). The predicted molar refractivity (Wildman–Crippen MR) is 270 cm³/mol. The number of aliphatic hydroxyl groups is 2.